The number of nitrogens with one attached hydrogen (secondary N) is 2. The van der Waals surface area contributed by atoms with Crippen LogP contribution in [0.2, 0.25) is 0 Å². The minimum atomic E-state index is -1.39. The topological polar surface area (TPSA) is 117 Å². The van der Waals surface area contributed by atoms with E-state index in [1.807, 2.05) is 0 Å². The van der Waals surface area contributed by atoms with Crippen LogP contribution in [0, 0.1) is 12.3 Å². The molecule has 0 aliphatic carbocycles. The van der Waals surface area contributed by atoms with E-state index in [4.69, 9.17) is 15.9 Å². The zero-order chi connectivity index (χ0) is 27.6. The number of carbonyl (C=O) groups excluding carboxylic acids is 3. The Morgan fingerprint density at radius 3 is 2.35 bits per heavy atom. The molecule has 0 aliphatic heterocycles. The molecule has 0 fully saturated rings. The van der Waals surface area contributed by atoms with Gasteiger partial charge in [-0.2, -0.15) is 0 Å². The number of nitrogens with zero attached hydrogens (tertiary/aromatic N) is 1. The number of anilines is 1. The van der Waals surface area contributed by atoms with E-state index in [-0.39, 0.29) is 6.54 Å². The highest BCUT2D eigenvalue weighted by molar-refractivity contribution is 5.99. The number of hydrogen-bond acceptors (Lipinski definition) is 6. The Kier molecular flexibility index (Phi) is 10.3. The molecule has 2 unspecified atom stereocenters. The molecule has 0 bridgehead atoms. The lowest BCUT2D eigenvalue weighted by Gasteiger charge is -2.33. The largest absolute Gasteiger partial charge is 0.497 e. The van der Waals surface area contributed by atoms with Crippen molar-refractivity contribution in [2.24, 2.45) is 0 Å². The van der Waals surface area contributed by atoms with Crippen LogP contribution in [0.3, 0.4) is 0 Å². The minimum absolute atomic E-state index is 0.0784. The molecule has 3 amide bonds. The number of aliphatic hydroxyl groups is 1. The van der Waals surface area contributed by atoms with E-state index in [0.29, 0.717) is 22.6 Å². The standard InChI is InChI=1S/C28H33N3O6/c1-7-17-31(26(34)23(18-32)30-27(35)37-28(3,4)5)24(22-12-10-9-11-19(22)8-2)25(33)29-20-13-15-21(36-6)16-14-20/h2,7,9-16,23-24,32H,1,17-18H2,3-6H3,(H,29,33)(H,30,35). The normalized spacial score (nSPS) is 12.3. The zero-order valence-electron chi connectivity index (χ0n) is 21.5. The van der Waals surface area contributed by atoms with Crippen LogP contribution in [0.5, 0.6) is 5.75 Å². The van der Waals surface area contributed by atoms with Gasteiger partial charge in [-0.15, -0.1) is 13.0 Å². The number of aliphatic hydroxyl groups excluding tert-OH is 1. The van der Waals surface area contributed by atoms with Gasteiger partial charge in [0.05, 0.1) is 13.7 Å². The third-order valence-electron chi connectivity index (χ3n) is 5.11. The predicted molar refractivity (Wildman–Crippen MR) is 141 cm³/mol. The van der Waals surface area contributed by atoms with E-state index in [1.54, 1.807) is 69.3 Å². The van der Waals surface area contributed by atoms with E-state index in [0.717, 1.165) is 0 Å². The SMILES string of the molecule is C#Cc1ccccc1C(C(=O)Nc1ccc(OC)cc1)N(CC=C)C(=O)C(CO)NC(=O)OC(C)(C)C. The molecule has 0 radical (unpaired) electrons. The highest BCUT2D eigenvalue weighted by Crippen LogP contribution is 2.27. The van der Waals surface area contributed by atoms with Crippen LogP contribution >= 0.6 is 0 Å². The van der Waals surface area contributed by atoms with Crippen LogP contribution in [-0.2, 0) is 14.3 Å². The van der Waals surface area contributed by atoms with Crippen molar-refractivity contribution in [3.05, 3.63) is 72.3 Å². The van der Waals surface area contributed by atoms with E-state index in [2.05, 4.69) is 23.1 Å². The average Bonchev–Trinajstić information content (AvgIpc) is 2.86. The number of benzene rings is 2. The second kappa shape index (κ2) is 13.1. The number of terminal acetylenes is 1. The quantitative estimate of drug-likeness (QED) is 0.336. The molecule has 2 aromatic carbocycles. The Balaban J connectivity index is 2.49. The molecule has 0 aliphatic rings. The predicted octanol–water partition coefficient (Wildman–Crippen LogP) is 3.26. The van der Waals surface area contributed by atoms with Gasteiger partial charge < -0.3 is 30.1 Å². The summed E-state index contributed by atoms with van der Waals surface area (Å²) in [4.78, 5) is 40.8. The molecule has 9 nitrogen and oxygen atoms in total. The smallest absolute Gasteiger partial charge is 0.408 e. The van der Waals surface area contributed by atoms with E-state index in [9.17, 15) is 19.5 Å². The molecule has 0 aromatic heterocycles. The monoisotopic (exact) mass is 507 g/mol. The van der Waals surface area contributed by atoms with Gasteiger partial charge in [-0.3, -0.25) is 9.59 Å². The summed E-state index contributed by atoms with van der Waals surface area (Å²) in [5, 5.41) is 15.1. The van der Waals surface area contributed by atoms with Crippen LogP contribution in [0.1, 0.15) is 37.9 Å². The van der Waals surface area contributed by atoms with Crippen molar-refractivity contribution in [2.45, 2.75) is 38.5 Å². The van der Waals surface area contributed by atoms with Crippen LogP contribution in [0.15, 0.2) is 61.2 Å². The third kappa shape index (κ3) is 8.12. The van der Waals surface area contributed by atoms with Crippen molar-refractivity contribution in [3.8, 4) is 18.1 Å². The summed E-state index contributed by atoms with van der Waals surface area (Å²) < 4.78 is 10.4. The summed E-state index contributed by atoms with van der Waals surface area (Å²) in [5.74, 6) is 1.87. The van der Waals surface area contributed by atoms with Gasteiger partial charge in [0, 0.05) is 17.8 Å². The molecule has 0 heterocycles. The van der Waals surface area contributed by atoms with Crippen LogP contribution in [0.4, 0.5) is 10.5 Å². The summed E-state index contributed by atoms with van der Waals surface area (Å²) >= 11 is 0. The molecule has 2 rings (SSSR count). The average molecular weight is 508 g/mol. The lowest BCUT2D eigenvalue weighted by atomic mass is 9.97. The molecule has 37 heavy (non-hydrogen) atoms. The lowest BCUT2D eigenvalue weighted by molar-refractivity contribution is -0.140. The number of carbonyl (C=O) groups is 3. The fourth-order valence-electron chi connectivity index (χ4n) is 3.50. The number of alkyl carbamates (subject to hydrolysis) is 1. The fraction of sp³-hybridized carbons (Fsp3) is 0.321. The molecule has 3 N–H and O–H groups in total. The molecule has 9 heteroatoms. The summed E-state index contributed by atoms with van der Waals surface area (Å²) in [6.07, 6.45) is 6.25. The Morgan fingerprint density at radius 1 is 1.16 bits per heavy atom. The highest BCUT2D eigenvalue weighted by Gasteiger charge is 2.36. The van der Waals surface area contributed by atoms with Gasteiger partial charge in [-0.05, 0) is 56.7 Å². The Morgan fingerprint density at radius 2 is 1.81 bits per heavy atom. The summed E-state index contributed by atoms with van der Waals surface area (Å²) in [7, 11) is 1.53. The zero-order valence-corrected chi connectivity index (χ0v) is 21.5. The number of methoxy groups -OCH3 is 1. The number of amides is 3. The molecule has 2 atom stereocenters. The van der Waals surface area contributed by atoms with Gasteiger partial charge in [0.1, 0.15) is 23.4 Å². The molecule has 0 saturated heterocycles. The number of hydrogen-bond donors (Lipinski definition) is 3. The Labute approximate surface area is 217 Å². The van der Waals surface area contributed by atoms with Crippen molar-refractivity contribution >= 4 is 23.6 Å². The maximum absolute atomic E-state index is 13.7. The third-order valence-corrected chi connectivity index (χ3v) is 5.11. The first-order valence-corrected chi connectivity index (χ1v) is 11.6. The van der Waals surface area contributed by atoms with Crippen LogP contribution < -0.4 is 15.4 Å². The van der Waals surface area contributed by atoms with Gasteiger partial charge in [-0.25, -0.2) is 4.79 Å². The van der Waals surface area contributed by atoms with Crippen LogP contribution in [0.25, 0.3) is 0 Å². The highest BCUT2D eigenvalue weighted by atomic mass is 16.6. The Bertz CT molecular complexity index is 1150. The van der Waals surface area contributed by atoms with Crippen molar-refractivity contribution < 1.29 is 29.0 Å². The first kappa shape index (κ1) is 28.9. The summed E-state index contributed by atoms with van der Waals surface area (Å²) in [6.45, 7) is 7.91. The summed E-state index contributed by atoms with van der Waals surface area (Å²) in [5.41, 5.74) is 0.436. The van der Waals surface area contributed by atoms with E-state index in [1.165, 1.54) is 18.1 Å². The molecule has 0 spiro atoms. The number of rotatable bonds is 10. The lowest BCUT2D eigenvalue weighted by Crippen LogP contribution is -2.54. The van der Waals surface area contributed by atoms with Crippen LogP contribution in [-0.4, -0.2) is 59.8 Å². The summed E-state index contributed by atoms with van der Waals surface area (Å²) in [6, 6.07) is 10.8. The maximum atomic E-state index is 13.7. The Hall–Kier alpha value is -4.29. The van der Waals surface area contributed by atoms with Gasteiger partial charge in [0.2, 0.25) is 5.91 Å². The van der Waals surface area contributed by atoms with Gasteiger partial charge >= 0.3 is 6.09 Å². The van der Waals surface area contributed by atoms with Crippen molar-refractivity contribution in [1.29, 1.82) is 0 Å². The van der Waals surface area contributed by atoms with Crippen molar-refractivity contribution in [1.82, 2.24) is 10.2 Å². The molecular weight excluding hydrogens is 474 g/mol. The van der Waals surface area contributed by atoms with Gasteiger partial charge in [0.15, 0.2) is 0 Å². The molecule has 196 valence electrons. The number of ether oxygens (including phenoxy) is 2. The minimum Gasteiger partial charge on any atom is -0.497 e. The van der Waals surface area contributed by atoms with Crippen molar-refractivity contribution in [2.75, 3.05) is 25.6 Å². The molecule has 0 saturated carbocycles. The second-order valence-corrected chi connectivity index (χ2v) is 9.01. The molecule has 2 aromatic rings. The molecular formula is C28H33N3O6. The fourth-order valence-corrected chi connectivity index (χ4v) is 3.50. The first-order valence-electron chi connectivity index (χ1n) is 11.6. The van der Waals surface area contributed by atoms with E-state index < -0.39 is 42.2 Å². The van der Waals surface area contributed by atoms with Gasteiger partial charge in [-0.1, -0.05) is 30.2 Å². The first-order chi connectivity index (χ1) is 17.5. The van der Waals surface area contributed by atoms with Gasteiger partial charge in [0.25, 0.3) is 5.91 Å². The van der Waals surface area contributed by atoms with Crippen molar-refractivity contribution in [3.63, 3.8) is 0 Å². The second-order valence-electron chi connectivity index (χ2n) is 9.01. The maximum Gasteiger partial charge on any atom is 0.408 e. The van der Waals surface area contributed by atoms with E-state index >= 15 is 0 Å².